The number of hydrogen-bond donors (Lipinski definition) is 0. The number of pyridine rings is 1. The molecule has 0 saturated heterocycles. The van der Waals surface area contributed by atoms with Gasteiger partial charge in [0.1, 0.15) is 7.11 Å². The lowest BCUT2D eigenvalue weighted by Crippen LogP contribution is -1.86. The maximum Gasteiger partial charge on any atom is 0.106 e. The number of para-hydroxylation sites is 1. The first-order valence-corrected chi connectivity index (χ1v) is 4.32. The van der Waals surface area contributed by atoms with Crippen molar-refractivity contribution in [3.8, 4) is 0 Å². The Balaban J connectivity index is 2.59. The number of rotatable bonds is 2. The van der Waals surface area contributed by atoms with Crippen LogP contribution in [0.25, 0.3) is 10.9 Å². The normalized spacial score (nSPS) is 10.9. The molecule has 1 heterocycles. The van der Waals surface area contributed by atoms with Gasteiger partial charge in [0.25, 0.3) is 0 Å². The SMILES string of the molecule is CON=Cc1ccnc2ccccc12. The fraction of sp³-hybridized carbons (Fsp3) is 0.0909. The van der Waals surface area contributed by atoms with Crippen molar-refractivity contribution in [2.75, 3.05) is 7.11 Å². The number of oxime groups is 1. The second-order valence-electron chi connectivity index (χ2n) is 2.83. The third-order valence-electron chi connectivity index (χ3n) is 1.98. The topological polar surface area (TPSA) is 34.5 Å². The van der Waals surface area contributed by atoms with E-state index in [2.05, 4.69) is 15.0 Å². The van der Waals surface area contributed by atoms with Crippen LogP contribution in [-0.2, 0) is 4.84 Å². The van der Waals surface area contributed by atoms with Crippen molar-refractivity contribution >= 4 is 17.1 Å². The van der Waals surface area contributed by atoms with Crippen LogP contribution in [0.2, 0.25) is 0 Å². The van der Waals surface area contributed by atoms with E-state index in [0.717, 1.165) is 16.5 Å². The molecule has 0 radical (unpaired) electrons. The Labute approximate surface area is 82.0 Å². The molecule has 3 nitrogen and oxygen atoms in total. The van der Waals surface area contributed by atoms with Gasteiger partial charge in [-0.3, -0.25) is 4.98 Å². The highest BCUT2D eigenvalue weighted by molar-refractivity contribution is 5.97. The van der Waals surface area contributed by atoms with Gasteiger partial charge in [0.05, 0.1) is 11.7 Å². The summed E-state index contributed by atoms with van der Waals surface area (Å²) in [4.78, 5) is 8.89. The summed E-state index contributed by atoms with van der Waals surface area (Å²) in [5, 5.41) is 4.82. The van der Waals surface area contributed by atoms with Gasteiger partial charge in [-0.05, 0) is 12.1 Å². The van der Waals surface area contributed by atoms with Gasteiger partial charge < -0.3 is 4.84 Å². The summed E-state index contributed by atoms with van der Waals surface area (Å²) in [5.41, 5.74) is 1.98. The Bertz CT molecular complexity index is 460. The number of hydrogen-bond acceptors (Lipinski definition) is 3. The van der Waals surface area contributed by atoms with Crippen LogP contribution in [0.15, 0.2) is 41.7 Å². The van der Waals surface area contributed by atoms with Crippen molar-refractivity contribution in [3.63, 3.8) is 0 Å². The van der Waals surface area contributed by atoms with Crippen LogP contribution in [0.5, 0.6) is 0 Å². The molecule has 0 bridgehead atoms. The van der Waals surface area contributed by atoms with Crippen LogP contribution in [0.1, 0.15) is 5.56 Å². The molecule has 0 spiro atoms. The predicted molar refractivity (Wildman–Crippen MR) is 56.3 cm³/mol. The maximum atomic E-state index is 4.64. The summed E-state index contributed by atoms with van der Waals surface area (Å²) in [5.74, 6) is 0. The molecule has 0 amide bonds. The van der Waals surface area contributed by atoms with Gasteiger partial charge >= 0.3 is 0 Å². The van der Waals surface area contributed by atoms with Gasteiger partial charge in [-0.25, -0.2) is 0 Å². The van der Waals surface area contributed by atoms with Crippen molar-refractivity contribution in [2.24, 2.45) is 5.16 Å². The van der Waals surface area contributed by atoms with E-state index in [0.29, 0.717) is 0 Å². The molecule has 14 heavy (non-hydrogen) atoms. The molecule has 0 atom stereocenters. The summed E-state index contributed by atoms with van der Waals surface area (Å²) in [6, 6.07) is 9.84. The van der Waals surface area contributed by atoms with Crippen molar-refractivity contribution in [2.45, 2.75) is 0 Å². The second kappa shape index (κ2) is 3.87. The van der Waals surface area contributed by atoms with Gasteiger partial charge in [0.15, 0.2) is 0 Å². The Hall–Kier alpha value is -1.90. The van der Waals surface area contributed by atoms with Crippen molar-refractivity contribution < 1.29 is 4.84 Å². The molecule has 3 heteroatoms. The van der Waals surface area contributed by atoms with E-state index in [1.165, 1.54) is 7.11 Å². The van der Waals surface area contributed by atoms with E-state index in [1.54, 1.807) is 12.4 Å². The van der Waals surface area contributed by atoms with E-state index in [1.807, 2.05) is 30.3 Å². The van der Waals surface area contributed by atoms with Gasteiger partial charge in [0.2, 0.25) is 0 Å². The maximum absolute atomic E-state index is 4.64. The number of fused-ring (bicyclic) bond motifs is 1. The number of aromatic nitrogens is 1. The lowest BCUT2D eigenvalue weighted by molar-refractivity contribution is 0.215. The summed E-state index contributed by atoms with van der Waals surface area (Å²) in [7, 11) is 1.53. The van der Waals surface area contributed by atoms with E-state index in [9.17, 15) is 0 Å². The highest BCUT2D eigenvalue weighted by atomic mass is 16.6. The highest BCUT2D eigenvalue weighted by Crippen LogP contribution is 2.13. The minimum absolute atomic E-state index is 0.965. The molecule has 2 rings (SSSR count). The van der Waals surface area contributed by atoms with Gasteiger partial charge in [-0.1, -0.05) is 23.4 Å². The second-order valence-corrected chi connectivity index (χ2v) is 2.83. The quantitative estimate of drug-likeness (QED) is 0.532. The lowest BCUT2D eigenvalue weighted by atomic mass is 10.1. The first kappa shape index (κ1) is 8.69. The zero-order valence-electron chi connectivity index (χ0n) is 7.84. The lowest BCUT2D eigenvalue weighted by Gasteiger charge is -1.99. The minimum Gasteiger partial charge on any atom is -0.399 e. The smallest absolute Gasteiger partial charge is 0.106 e. The fourth-order valence-corrected chi connectivity index (χ4v) is 1.34. The van der Waals surface area contributed by atoms with E-state index < -0.39 is 0 Å². The monoisotopic (exact) mass is 186 g/mol. The molecule has 0 aliphatic heterocycles. The van der Waals surface area contributed by atoms with Gasteiger partial charge in [0, 0.05) is 17.1 Å². The fourth-order valence-electron chi connectivity index (χ4n) is 1.34. The van der Waals surface area contributed by atoms with Crippen LogP contribution in [0.4, 0.5) is 0 Å². The molecule has 2 aromatic rings. The Morgan fingerprint density at radius 1 is 1.29 bits per heavy atom. The van der Waals surface area contributed by atoms with Crippen LogP contribution >= 0.6 is 0 Å². The van der Waals surface area contributed by atoms with Crippen molar-refractivity contribution in [3.05, 3.63) is 42.1 Å². The summed E-state index contributed by atoms with van der Waals surface area (Å²) >= 11 is 0. The van der Waals surface area contributed by atoms with Gasteiger partial charge in [-0.2, -0.15) is 0 Å². The first-order chi connectivity index (χ1) is 6.92. The number of benzene rings is 1. The average Bonchev–Trinajstić information content (AvgIpc) is 2.26. The largest absolute Gasteiger partial charge is 0.399 e. The molecular formula is C11H10N2O. The summed E-state index contributed by atoms with van der Waals surface area (Å²) < 4.78 is 0. The van der Waals surface area contributed by atoms with E-state index >= 15 is 0 Å². The Kier molecular flexibility index (Phi) is 2.40. The molecule has 1 aromatic heterocycles. The van der Waals surface area contributed by atoms with E-state index in [-0.39, 0.29) is 0 Å². The number of nitrogens with zero attached hydrogens (tertiary/aromatic N) is 2. The Morgan fingerprint density at radius 2 is 2.14 bits per heavy atom. The van der Waals surface area contributed by atoms with Gasteiger partial charge in [-0.15, -0.1) is 0 Å². The molecule has 0 saturated carbocycles. The summed E-state index contributed by atoms with van der Waals surface area (Å²) in [6.45, 7) is 0. The van der Waals surface area contributed by atoms with Crippen molar-refractivity contribution in [1.29, 1.82) is 0 Å². The molecule has 0 N–H and O–H groups in total. The zero-order chi connectivity index (χ0) is 9.80. The van der Waals surface area contributed by atoms with Crippen LogP contribution in [0.3, 0.4) is 0 Å². The average molecular weight is 186 g/mol. The zero-order valence-corrected chi connectivity index (χ0v) is 7.84. The molecule has 1 aromatic carbocycles. The highest BCUT2D eigenvalue weighted by Gasteiger charge is 1.97. The molecular weight excluding hydrogens is 176 g/mol. The molecule has 0 unspecified atom stereocenters. The molecule has 70 valence electrons. The van der Waals surface area contributed by atoms with E-state index in [4.69, 9.17) is 0 Å². The third-order valence-corrected chi connectivity index (χ3v) is 1.98. The molecule has 0 aliphatic carbocycles. The van der Waals surface area contributed by atoms with Crippen LogP contribution < -0.4 is 0 Å². The Morgan fingerprint density at radius 3 is 3.00 bits per heavy atom. The standard InChI is InChI=1S/C11H10N2O/c1-14-13-8-9-6-7-12-11-5-3-2-4-10(9)11/h2-8H,1H3. The van der Waals surface area contributed by atoms with Crippen molar-refractivity contribution in [1.82, 2.24) is 4.98 Å². The molecule has 0 aliphatic rings. The molecule has 0 fully saturated rings. The predicted octanol–water partition coefficient (Wildman–Crippen LogP) is 2.22. The van der Waals surface area contributed by atoms with Crippen LogP contribution in [0, 0.1) is 0 Å². The third kappa shape index (κ3) is 1.57. The minimum atomic E-state index is 0.965. The van der Waals surface area contributed by atoms with Crippen LogP contribution in [-0.4, -0.2) is 18.3 Å². The summed E-state index contributed by atoms with van der Waals surface area (Å²) in [6.07, 6.45) is 3.45. The first-order valence-electron chi connectivity index (χ1n) is 4.32.